The van der Waals surface area contributed by atoms with Gasteiger partial charge in [-0.3, -0.25) is 4.79 Å². The molecule has 0 aliphatic carbocycles. The van der Waals surface area contributed by atoms with Gasteiger partial charge in [-0.15, -0.1) is 0 Å². The first-order chi connectivity index (χ1) is 13.1. The summed E-state index contributed by atoms with van der Waals surface area (Å²) in [5.74, 6) is 2.17. The molecule has 138 valence electrons. The molecule has 0 radical (unpaired) electrons. The van der Waals surface area contributed by atoms with Crippen molar-refractivity contribution in [1.29, 1.82) is 0 Å². The lowest BCUT2D eigenvalue weighted by molar-refractivity contribution is -0.115. The van der Waals surface area contributed by atoms with E-state index in [2.05, 4.69) is 25.9 Å². The monoisotopic (exact) mass is 361 g/mol. The Morgan fingerprint density at radius 3 is 2.30 bits per heavy atom. The van der Waals surface area contributed by atoms with Crippen molar-refractivity contribution in [2.24, 2.45) is 0 Å². The van der Waals surface area contributed by atoms with Crippen LogP contribution < -0.4 is 16.0 Å². The second-order valence-corrected chi connectivity index (χ2v) is 6.13. The van der Waals surface area contributed by atoms with Crippen LogP contribution in [0.2, 0.25) is 0 Å². The van der Waals surface area contributed by atoms with E-state index >= 15 is 0 Å². The normalized spacial score (nSPS) is 10.3. The first kappa shape index (κ1) is 18.4. The van der Waals surface area contributed by atoms with Gasteiger partial charge < -0.3 is 16.0 Å². The molecule has 3 aromatic rings. The molecule has 0 fully saturated rings. The largest absolute Gasteiger partial charge is 0.370 e. The molecule has 6 nitrogen and oxygen atoms in total. The van der Waals surface area contributed by atoms with Crippen molar-refractivity contribution < 1.29 is 4.79 Å². The van der Waals surface area contributed by atoms with Crippen LogP contribution in [-0.2, 0) is 11.2 Å². The summed E-state index contributed by atoms with van der Waals surface area (Å²) >= 11 is 0. The lowest BCUT2D eigenvalue weighted by Gasteiger charge is -2.10. The Hall–Kier alpha value is -3.41. The van der Waals surface area contributed by atoms with Crippen LogP contribution in [0.1, 0.15) is 18.3 Å². The first-order valence-corrected chi connectivity index (χ1v) is 8.93. The molecule has 6 heteroatoms. The average molecular weight is 361 g/mol. The summed E-state index contributed by atoms with van der Waals surface area (Å²) in [7, 11) is 0. The standard InChI is InChI=1S/C21H23N5O/c1-3-22-19-14-20(24-15(2)23-19)25-17-9-11-18(12-10-17)26-21(27)13-16-7-5-4-6-8-16/h4-12,14H,3,13H2,1-2H3,(H,26,27)(H2,22,23,24,25). The fraction of sp³-hybridized carbons (Fsp3) is 0.190. The van der Waals surface area contributed by atoms with Crippen molar-refractivity contribution in [2.75, 3.05) is 22.5 Å². The number of carbonyl (C=O) groups is 1. The summed E-state index contributed by atoms with van der Waals surface area (Å²) in [6.45, 7) is 4.68. The van der Waals surface area contributed by atoms with Crippen LogP contribution in [0.4, 0.5) is 23.0 Å². The van der Waals surface area contributed by atoms with E-state index < -0.39 is 0 Å². The maximum atomic E-state index is 12.1. The summed E-state index contributed by atoms with van der Waals surface area (Å²) in [6.07, 6.45) is 0.355. The molecule has 0 bridgehead atoms. The number of hydrogen-bond donors (Lipinski definition) is 3. The van der Waals surface area contributed by atoms with E-state index in [1.165, 1.54) is 0 Å². The third kappa shape index (κ3) is 5.54. The van der Waals surface area contributed by atoms with Crippen LogP contribution in [-0.4, -0.2) is 22.4 Å². The molecule has 3 N–H and O–H groups in total. The number of hydrogen-bond acceptors (Lipinski definition) is 5. The summed E-state index contributed by atoms with van der Waals surface area (Å²) in [5.41, 5.74) is 2.63. The number of nitrogens with one attached hydrogen (secondary N) is 3. The van der Waals surface area contributed by atoms with E-state index in [0.29, 0.717) is 12.2 Å². The molecule has 2 aromatic carbocycles. The van der Waals surface area contributed by atoms with E-state index in [1.807, 2.05) is 74.5 Å². The molecule has 0 atom stereocenters. The summed E-state index contributed by atoms with van der Waals surface area (Å²) in [6, 6.07) is 19.1. The third-order valence-corrected chi connectivity index (χ3v) is 3.84. The van der Waals surface area contributed by atoms with Gasteiger partial charge in [0.15, 0.2) is 0 Å². The quantitative estimate of drug-likeness (QED) is 0.589. The second-order valence-electron chi connectivity index (χ2n) is 6.13. The summed E-state index contributed by atoms with van der Waals surface area (Å²) < 4.78 is 0. The number of aromatic nitrogens is 2. The van der Waals surface area contributed by atoms with Gasteiger partial charge >= 0.3 is 0 Å². The summed E-state index contributed by atoms with van der Waals surface area (Å²) in [5, 5.41) is 9.36. The Balaban J connectivity index is 1.61. The second kappa shape index (κ2) is 8.80. The molecule has 0 saturated heterocycles. The minimum atomic E-state index is -0.0383. The Morgan fingerprint density at radius 1 is 0.926 bits per heavy atom. The van der Waals surface area contributed by atoms with Gasteiger partial charge in [-0.25, -0.2) is 9.97 Å². The topological polar surface area (TPSA) is 78.9 Å². The van der Waals surface area contributed by atoms with Gasteiger partial charge in [0.2, 0.25) is 5.91 Å². The smallest absolute Gasteiger partial charge is 0.228 e. The zero-order valence-electron chi connectivity index (χ0n) is 15.5. The Bertz CT molecular complexity index is 894. The predicted octanol–water partition coefficient (Wildman–Crippen LogP) is 4.14. The van der Waals surface area contributed by atoms with Crippen molar-refractivity contribution in [2.45, 2.75) is 20.3 Å². The van der Waals surface area contributed by atoms with Crippen molar-refractivity contribution in [3.63, 3.8) is 0 Å². The van der Waals surface area contributed by atoms with E-state index in [0.717, 1.165) is 35.1 Å². The lowest BCUT2D eigenvalue weighted by atomic mass is 10.1. The maximum Gasteiger partial charge on any atom is 0.228 e. The summed E-state index contributed by atoms with van der Waals surface area (Å²) in [4.78, 5) is 20.9. The van der Waals surface area contributed by atoms with Gasteiger partial charge in [0.25, 0.3) is 0 Å². The fourth-order valence-electron chi connectivity index (χ4n) is 2.67. The molecule has 3 rings (SSSR count). The zero-order valence-corrected chi connectivity index (χ0v) is 15.5. The average Bonchev–Trinajstić information content (AvgIpc) is 2.64. The zero-order chi connectivity index (χ0) is 19.1. The van der Waals surface area contributed by atoms with Gasteiger partial charge in [0.05, 0.1) is 6.42 Å². The van der Waals surface area contributed by atoms with Crippen molar-refractivity contribution in [1.82, 2.24) is 9.97 Å². The molecule has 1 amide bonds. The predicted molar refractivity (Wildman–Crippen MR) is 109 cm³/mol. The molecular formula is C21H23N5O. The third-order valence-electron chi connectivity index (χ3n) is 3.84. The van der Waals surface area contributed by atoms with E-state index in [4.69, 9.17) is 0 Å². The van der Waals surface area contributed by atoms with Crippen molar-refractivity contribution >= 4 is 28.9 Å². The van der Waals surface area contributed by atoms with Crippen LogP contribution in [0, 0.1) is 6.92 Å². The van der Waals surface area contributed by atoms with E-state index in [1.54, 1.807) is 0 Å². The molecule has 1 aromatic heterocycles. The number of aryl methyl sites for hydroxylation is 1. The molecule has 0 spiro atoms. The minimum absolute atomic E-state index is 0.0383. The number of rotatable bonds is 7. The van der Waals surface area contributed by atoms with Gasteiger partial charge in [-0.05, 0) is 43.7 Å². The van der Waals surface area contributed by atoms with Gasteiger partial charge in [0.1, 0.15) is 17.5 Å². The molecule has 0 aliphatic heterocycles. The number of nitrogens with zero attached hydrogens (tertiary/aromatic N) is 2. The molecule has 0 saturated carbocycles. The highest BCUT2D eigenvalue weighted by Gasteiger charge is 2.05. The van der Waals surface area contributed by atoms with Crippen molar-refractivity contribution in [3.8, 4) is 0 Å². The Labute approximate surface area is 159 Å². The SMILES string of the molecule is CCNc1cc(Nc2ccc(NC(=O)Cc3ccccc3)cc2)nc(C)n1. The maximum absolute atomic E-state index is 12.1. The van der Waals surface area contributed by atoms with Gasteiger partial charge in [-0.2, -0.15) is 0 Å². The number of anilines is 4. The van der Waals surface area contributed by atoms with E-state index in [9.17, 15) is 4.79 Å². The number of carbonyl (C=O) groups excluding carboxylic acids is 1. The lowest BCUT2D eigenvalue weighted by Crippen LogP contribution is -2.14. The van der Waals surface area contributed by atoms with Gasteiger partial charge in [-0.1, -0.05) is 30.3 Å². The highest BCUT2D eigenvalue weighted by Crippen LogP contribution is 2.19. The number of benzene rings is 2. The van der Waals surface area contributed by atoms with Crippen molar-refractivity contribution in [3.05, 3.63) is 72.1 Å². The highest BCUT2D eigenvalue weighted by molar-refractivity contribution is 5.92. The Morgan fingerprint density at radius 2 is 1.59 bits per heavy atom. The molecule has 0 unspecified atom stereocenters. The Kier molecular flexibility index (Phi) is 5.99. The molecular weight excluding hydrogens is 338 g/mol. The van der Waals surface area contributed by atoms with Crippen LogP contribution in [0.5, 0.6) is 0 Å². The molecule has 27 heavy (non-hydrogen) atoms. The van der Waals surface area contributed by atoms with Crippen LogP contribution >= 0.6 is 0 Å². The molecule has 0 aliphatic rings. The van der Waals surface area contributed by atoms with E-state index in [-0.39, 0.29) is 5.91 Å². The fourth-order valence-corrected chi connectivity index (χ4v) is 2.67. The number of amides is 1. The van der Waals surface area contributed by atoms with Crippen LogP contribution in [0.15, 0.2) is 60.7 Å². The minimum Gasteiger partial charge on any atom is -0.370 e. The van der Waals surface area contributed by atoms with Gasteiger partial charge in [0, 0.05) is 24.0 Å². The van der Waals surface area contributed by atoms with Crippen LogP contribution in [0.3, 0.4) is 0 Å². The molecule has 1 heterocycles. The van der Waals surface area contributed by atoms with Crippen LogP contribution in [0.25, 0.3) is 0 Å². The highest BCUT2D eigenvalue weighted by atomic mass is 16.1. The first-order valence-electron chi connectivity index (χ1n) is 8.93.